The molecule has 2 aromatic rings. The van der Waals surface area contributed by atoms with Crippen molar-refractivity contribution in [3.8, 4) is 23.0 Å². The topological polar surface area (TPSA) is 193 Å². The number of nitrogens with zero attached hydrogens (tertiary/aromatic N) is 1. The van der Waals surface area contributed by atoms with E-state index in [0.717, 1.165) is 0 Å². The van der Waals surface area contributed by atoms with Crippen LogP contribution < -0.4 is 14.8 Å². The first-order valence-electron chi connectivity index (χ1n) is 19.2. The molecule has 3 aliphatic heterocycles. The summed E-state index contributed by atoms with van der Waals surface area (Å²) in [6, 6.07) is 0. The van der Waals surface area contributed by atoms with Crippen LogP contribution in [-0.4, -0.2) is 98.5 Å². The van der Waals surface area contributed by atoms with E-state index in [0.29, 0.717) is 0 Å². The molecule has 4 bridgehead atoms. The summed E-state index contributed by atoms with van der Waals surface area (Å²) in [7, 11) is 1.46. The largest absolute Gasteiger partial charge is 0.507 e. The van der Waals surface area contributed by atoms with Crippen LogP contribution in [0.2, 0.25) is 0 Å². The molecular formula is C43H57N2O12+. The molecular weight excluding hydrogens is 736 g/mol. The van der Waals surface area contributed by atoms with Crippen molar-refractivity contribution < 1.29 is 63.1 Å². The lowest BCUT2D eigenvalue weighted by Crippen LogP contribution is -2.46. The first kappa shape index (κ1) is 43.2. The Bertz CT molecular complexity index is 2080. The van der Waals surface area contributed by atoms with Crippen molar-refractivity contribution in [2.75, 3.05) is 19.2 Å². The molecule has 57 heavy (non-hydrogen) atoms. The minimum Gasteiger partial charge on any atom is -0.507 e. The van der Waals surface area contributed by atoms with E-state index in [1.54, 1.807) is 59.1 Å². The monoisotopic (exact) mass is 793 g/mol. The van der Waals surface area contributed by atoms with Crippen molar-refractivity contribution in [3.05, 3.63) is 52.8 Å². The van der Waals surface area contributed by atoms with Gasteiger partial charge in [-0.3, -0.25) is 14.4 Å². The van der Waals surface area contributed by atoms with Gasteiger partial charge in [-0.2, -0.15) is 4.58 Å². The van der Waals surface area contributed by atoms with Crippen molar-refractivity contribution in [1.82, 2.24) is 0 Å². The Hall–Kier alpha value is -4.92. The minimum atomic E-state index is -1.96. The molecule has 14 heteroatoms. The Kier molecular flexibility index (Phi) is 12.2. The Balaban J connectivity index is 1.74. The van der Waals surface area contributed by atoms with Crippen LogP contribution in [0.4, 0.5) is 5.69 Å². The number of hydrogen-bond acceptors (Lipinski definition) is 12. The van der Waals surface area contributed by atoms with Gasteiger partial charge in [-0.25, -0.2) is 0 Å². The number of benzene rings is 2. The van der Waals surface area contributed by atoms with Gasteiger partial charge in [-0.15, -0.1) is 0 Å². The van der Waals surface area contributed by atoms with Crippen molar-refractivity contribution in [1.29, 1.82) is 0 Å². The molecule has 1 unspecified atom stereocenters. The van der Waals surface area contributed by atoms with Crippen molar-refractivity contribution >= 4 is 40.3 Å². The summed E-state index contributed by atoms with van der Waals surface area (Å²) in [5.74, 6) is -6.84. The highest BCUT2D eigenvalue weighted by Crippen LogP contribution is 2.55. The molecule has 1 amide bonds. The van der Waals surface area contributed by atoms with E-state index < -0.39 is 88.6 Å². The molecule has 0 spiro atoms. The van der Waals surface area contributed by atoms with E-state index in [4.69, 9.17) is 23.7 Å². The highest BCUT2D eigenvalue weighted by Gasteiger charge is 2.50. The van der Waals surface area contributed by atoms with Crippen LogP contribution >= 0.6 is 0 Å². The molecule has 310 valence electrons. The lowest BCUT2D eigenvalue weighted by Gasteiger charge is -2.38. The van der Waals surface area contributed by atoms with E-state index in [1.165, 1.54) is 40.2 Å². The fourth-order valence-electron chi connectivity index (χ4n) is 7.72. The molecule has 9 atom stereocenters. The number of phenols is 2. The van der Waals surface area contributed by atoms with Gasteiger partial charge in [0.2, 0.25) is 0 Å². The second kappa shape index (κ2) is 16.1. The number of amides is 1. The number of esters is 1. The van der Waals surface area contributed by atoms with Crippen molar-refractivity contribution in [3.63, 3.8) is 0 Å². The molecule has 3 heterocycles. The van der Waals surface area contributed by atoms with Gasteiger partial charge in [0.25, 0.3) is 18.4 Å². The minimum absolute atomic E-state index is 0.00808. The van der Waals surface area contributed by atoms with Gasteiger partial charge in [0.1, 0.15) is 28.9 Å². The normalized spacial score (nSPS) is 31.9. The van der Waals surface area contributed by atoms with Gasteiger partial charge >= 0.3 is 11.8 Å². The zero-order valence-corrected chi connectivity index (χ0v) is 34.8. The van der Waals surface area contributed by atoms with Crippen LogP contribution in [0, 0.1) is 30.6 Å². The fourth-order valence-corrected chi connectivity index (χ4v) is 7.72. The molecule has 0 aliphatic carbocycles. The third-order valence-electron chi connectivity index (χ3n) is 11.5. The van der Waals surface area contributed by atoms with Gasteiger partial charge in [0.05, 0.1) is 35.5 Å². The maximum Gasteiger partial charge on any atom is 0.312 e. The summed E-state index contributed by atoms with van der Waals surface area (Å²) in [6.07, 6.45) is 5.62. The van der Waals surface area contributed by atoms with Gasteiger partial charge in [0.15, 0.2) is 23.3 Å². The highest BCUT2D eigenvalue weighted by atomic mass is 16.7. The van der Waals surface area contributed by atoms with Crippen LogP contribution in [0.25, 0.3) is 10.8 Å². The molecule has 3 aliphatic rings. The van der Waals surface area contributed by atoms with E-state index in [1.807, 2.05) is 25.3 Å². The third-order valence-corrected chi connectivity index (χ3v) is 11.5. The average Bonchev–Trinajstić information content (AvgIpc) is 3.42. The van der Waals surface area contributed by atoms with Gasteiger partial charge < -0.3 is 49.4 Å². The van der Waals surface area contributed by atoms with E-state index in [-0.39, 0.29) is 57.0 Å². The lowest BCUT2D eigenvalue weighted by atomic mass is 9.78. The zero-order chi connectivity index (χ0) is 42.5. The van der Waals surface area contributed by atoms with Crippen molar-refractivity contribution in [2.45, 2.75) is 112 Å². The number of Topliss-reactive ketones (excluding diaryl/α,β-unsaturated/α-hetero) is 1. The Morgan fingerprint density at radius 2 is 1.63 bits per heavy atom. The summed E-state index contributed by atoms with van der Waals surface area (Å²) in [5.41, 5.74) is 0.154. The zero-order valence-electron chi connectivity index (χ0n) is 34.8. The fraction of sp³-hybridized carbons (Fsp3) is 0.535. The van der Waals surface area contributed by atoms with Gasteiger partial charge in [-0.1, -0.05) is 45.9 Å². The maximum absolute atomic E-state index is 14.5. The number of phenolic OH excluding ortho intramolecular Hbond substituents is 2. The SMILES string of the molecule is CO[C@H]1/C=C/O[C@@]2(C)Oc3c(C)c(O)c4c(O)c(c5c(c4c3C2=O)OC[N+](C(C)(C)C)=C5)NC(=O)/C(C)=C\C=C\[C@H](C)[C@H](O)[C@@H](C)[C@@H](O)[C@@H](C)[C@H](OC(C)=O)C1C. The van der Waals surface area contributed by atoms with Crippen LogP contribution in [0.15, 0.2) is 36.1 Å². The summed E-state index contributed by atoms with van der Waals surface area (Å²) in [5, 5.41) is 49.3. The summed E-state index contributed by atoms with van der Waals surface area (Å²) in [4.78, 5) is 40.6. The molecule has 14 nitrogen and oxygen atoms in total. The second-order valence-electron chi connectivity index (χ2n) is 16.6. The maximum atomic E-state index is 14.5. The van der Waals surface area contributed by atoms with E-state index >= 15 is 0 Å². The number of carbonyl (C=O) groups is 3. The number of aliphatic hydroxyl groups excluding tert-OH is 2. The van der Waals surface area contributed by atoms with Gasteiger partial charge in [-0.05, 0) is 40.7 Å². The highest BCUT2D eigenvalue weighted by molar-refractivity contribution is 6.24. The molecule has 2 aromatic carbocycles. The van der Waals surface area contributed by atoms with Gasteiger partial charge in [0, 0.05) is 61.2 Å². The lowest BCUT2D eigenvalue weighted by molar-refractivity contribution is -0.619. The predicted octanol–water partition coefficient (Wildman–Crippen LogP) is 5.63. The van der Waals surface area contributed by atoms with E-state index in [9.17, 15) is 34.8 Å². The quantitative estimate of drug-likeness (QED) is 0.143. The summed E-state index contributed by atoms with van der Waals surface area (Å²) in [6.45, 7) is 18.7. The Morgan fingerprint density at radius 3 is 2.25 bits per heavy atom. The number of allylic oxidation sites excluding steroid dienone is 2. The number of hydrogen-bond donors (Lipinski definition) is 5. The first-order valence-corrected chi connectivity index (χ1v) is 19.2. The first-order chi connectivity index (χ1) is 26.5. The second-order valence-corrected chi connectivity index (χ2v) is 16.6. The number of ether oxygens (including phenoxy) is 5. The average molecular weight is 794 g/mol. The predicted molar refractivity (Wildman–Crippen MR) is 213 cm³/mol. The molecule has 0 radical (unpaired) electrons. The smallest absolute Gasteiger partial charge is 0.312 e. The molecule has 0 saturated carbocycles. The number of anilines is 1. The molecule has 0 fully saturated rings. The van der Waals surface area contributed by atoms with Crippen LogP contribution in [0.5, 0.6) is 23.0 Å². The standard InChI is InChI=1S/C43H56N2O12/c1-20-14-13-15-21(2)41(52)44-32-27-18-45(42(8,9)10)19-54-39(27)29-30(36(32)50)35(49)25(6)38-31(29)40(51)43(11,57-38)55-17-16-28(53-12)22(3)37(56-26(7)46)24(5)34(48)23(4)33(20)47/h13-18,20,22-24,28,33-34,37,47-48H,19H2,1-12H3,(H2,49,50,51)/p+1/b14-13+,17-16+,21-15-,44-32?/t20-,22?,23+,24+,28-,33-,34+,37+,43-/m0/s1. The summed E-state index contributed by atoms with van der Waals surface area (Å²) >= 11 is 0. The summed E-state index contributed by atoms with van der Waals surface area (Å²) < 4.78 is 32.0. The Morgan fingerprint density at radius 1 is 0.965 bits per heavy atom. The number of ketones is 1. The number of aromatic hydroxyl groups is 2. The molecule has 5 N–H and O–H groups in total. The van der Waals surface area contributed by atoms with Crippen LogP contribution in [0.3, 0.4) is 0 Å². The number of methoxy groups -OCH3 is 1. The molecule has 0 aromatic heterocycles. The molecule has 5 rings (SSSR count). The number of fused-ring (bicyclic) bond motifs is 1. The molecule has 0 saturated heterocycles. The Labute approximate surface area is 333 Å². The number of rotatable bonds is 2. The third kappa shape index (κ3) is 7.99. The van der Waals surface area contributed by atoms with Crippen LogP contribution in [-0.2, 0) is 23.8 Å². The number of nitrogens with one attached hydrogen (secondary N) is 1. The van der Waals surface area contributed by atoms with Crippen molar-refractivity contribution in [2.24, 2.45) is 23.7 Å². The van der Waals surface area contributed by atoms with Crippen LogP contribution in [0.1, 0.15) is 90.7 Å². The van der Waals surface area contributed by atoms with E-state index in [2.05, 4.69) is 5.32 Å². The number of carbonyl (C=O) groups excluding carboxylic acids is 3. The number of aliphatic hydroxyl groups is 2.